The van der Waals surface area contributed by atoms with Crippen molar-refractivity contribution in [2.75, 3.05) is 16.4 Å². The van der Waals surface area contributed by atoms with E-state index in [9.17, 15) is 10.1 Å². The Bertz CT molecular complexity index is 1190. The van der Waals surface area contributed by atoms with Crippen molar-refractivity contribution in [1.29, 1.82) is 0 Å². The number of rotatable bonds is 6. The molecule has 0 bridgehead atoms. The predicted molar refractivity (Wildman–Crippen MR) is 127 cm³/mol. The van der Waals surface area contributed by atoms with Crippen LogP contribution in [-0.4, -0.2) is 4.92 Å². The third-order valence-electron chi connectivity index (χ3n) is 4.75. The Morgan fingerprint density at radius 1 is 0.594 bits per heavy atom. The van der Waals surface area contributed by atoms with Crippen molar-refractivity contribution in [1.82, 2.24) is 0 Å². The minimum absolute atomic E-state index is 0.0127. The van der Waals surface area contributed by atoms with Gasteiger partial charge in [0, 0.05) is 40.6 Å². The molecule has 0 unspecified atom stereocenters. The molecular formula is C24H20N6O2. The van der Waals surface area contributed by atoms with Gasteiger partial charge in [-0.3, -0.25) is 10.1 Å². The molecule has 8 nitrogen and oxygen atoms in total. The number of azo groups is 1. The van der Waals surface area contributed by atoms with Gasteiger partial charge in [-0.15, -0.1) is 0 Å². The molecule has 4 aromatic rings. The van der Waals surface area contributed by atoms with Crippen molar-refractivity contribution in [3.63, 3.8) is 0 Å². The Hall–Kier alpha value is -4.72. The van der Waals surface area contributed by atoms with E-state index < -0.39 is 4.92 Å². The second-order valence-corrected chi connectivity index (χ2v) is 7.01. The standard InChI is InChI=1S/C24H20N6O2/c25-17-1-9-21(10-2-17)29(22-11-3-18(26)4-12-22)23-13-5-19(6-14-23)27-28-20-7-15-24(16-8-20)30(31)32/h1-16H,25-26H2. The summed E-state index contributed by atoms with van der Waals surface area (Å²) in [5.74, 6) is 0. The number of nitro groups is 1. The number of hydrogen-bond donors (Lipinski definition) is 2. The molecule has 8 heteroatoms. The quantitative estimate of drug-likeness (QED) is 0.155. The fourth-order valence-electron chi connectivity index (χ4n) is 3.12. The van der Waals surface area contributed by atoms with Gasteiger partial charge in [-0.25, -0.2) is 0 Å². The van der Waals surface area contributed by atoms with E-state index in [-0.39, 0.29) is 5.69 Å². The van der Waals surface area contributed by atoms with Crippen LogP contribution in [-0.2, 0) is 0 Å². The molecule has 32 heavy (non-hydrogen) atoms. The maximum absolute atomic E-state index is 10.8. The first kappa shape index (κ1) is 20.5. The van der Waals surface area contributed by atoms with E-state index in [2.05, 4.69) is 15.1 Å². The van der Waals surface area contributed by atoms with E-state index in [0.29, 0.717) is 22.7 Å². The van der Waals surface area contributed by atoms with Crippen LogP contribution in [0.1, 0.15) is 0 Å². The summed E-state index contributed by atoms with van der Waals surface area (Å²) in [6.45, 7) is 0. The summed E-state index contributed by atoms with van der Waals surface area (Å²) in [6, 6.07) is 28.7. The Balaban J connectivity index is 1.60. The van der Waals surface area contributed by atoms with E-state index in [4.69, 9.17) is 11.5 Å². The zero-order valence-electron chi connectivity index (χ0n) is 17.0. The maximum atomic E-state index is 10.8. The highest BCUT2D eigenvalue weighted by Crippen LogP contribution is 2.36. The van der Waals surface area contributed by atoms with Gasteiger partial charge in [0.15, 0.2) is 0 Å². The highest BCUT2D eigenvalue weighted by Gasteiger charge is 2.12. The van der Waals surface area contributed by atoms with Gasteiger partial charge in [-0.2, -0.15) is 10.2 Å². The molecule has 0 aromatic heterocycles. The van der Waals surface area contributed by atoms with E-state index in [1.54, 1.807) is 12.1 Å². The molecule has 0 aliphatic carbocycles. The molecule has 4 aromatic carbocycles. The summed E-state index contributed by atoms with van der Waals surface area (Å²) in [7, 11) is 0. The number of hydrogen-bond acceptors (Lipinski definition) is 7. The third-order valence-corrected chi connectivity index (χ3v) is 4.75. The lowest BCUT2D eigenvalue weighted by molar-refractivity contribution is -0.384. The first-order valence-corrected chi connectivity index (χ1v) is 9.77. The molecular weight excluding hydrogens is 404 g/mol. The molecule has 0 spiro atoms. The molecule has 0 aliphatic heterocycles. The van der Waals surface area contributed by atoms with Gasteiger partial charge in [0.05, 0.1) is 16.3 Å². The summed E-state index contributed by atoms with van der Waals surface area (Å²) in [4.78, 5) is 12.4. The summed E-state index contributed by atoms with van der Waals surface area (Å²) in [5, 5.41) is 19.1. The van der Waals surface area contributed by atoms with Gasteiger partial charge in [0.2, 0.25) is 0 Å². The fraction of sp³-hybridized carbons (Fsp3) is 0. The minimum atomic E-state index is -0.451. The minimum Gasteiger partial charge on any atom is -0.399 e. The third kappa shape index (κ3) is 4.71. The van der Waals surface area contributed by atoms with Gasteiger partial charge in [0.25, 0.3) is 5.69 Å². The maximum Gasteiger partial charge on any atom is 0.269 e. The average Bonchev–Trinajstić information content (AvgIpc) is 2.81. The molecule has 158 valence electrons. The Kier molecular flexibility index (Phi) is 5.76. The van der Waals surface area contributed by atoms with Crippen molar-refractivity contribution in [3.05, 3.63) is 107 Å². The van der Waals surface area contributed by atoms with Crippen molar-refractivity contribution in [2.45, 2.75) is 0 Å². The van der Waals surface area contributed by atoms with E-state index in [0.717, 1.165) is 17.1 Å². The molecule has 0 heterocycles. The highest BCUT2D eigenvalue weighted by atomic mass is 16.6. The van der Waals surface area contributed by atoms with Crippen LogP contribution in [0.2, 0.25) is 0 Å². The molecule has 0 saturated carbocycles. The fourth-order valence-corrected chi connectivity index (χ4v) is 3.12. The highest BCUT2D eigenvalue weighted by molar-refractivity contribution is 5.78. The molecule has 0 amide bonds. The smallest absolute Gasteiger partial charge is 0.269 e. The SMILES string of the molecule is Nc1ccc(N(c2ccc(N)cc2)c2ccc(N=Nc3ccc([N+](=O)[O-])cc3)cc2)cc1. The Labute approximate surface area is 184 Å². The van der Waals surface area contributed by atoms with E-state index >= 15 is 0 Å². The Morgan fingerprint density at radius 3 is 1.31 bits per heavy atom. The van der Waals surface area contributed by atoms with Crippen LogP contribution >= 0.6 is 0 Å². The van der Waals surface area contributed by atoms with E-state index in [1.165, 1.54) is 12.1 Å². The van der Waals surface area contributed by atoms with Gasteiger partial charge >= 0.3 is 0 Å². The lowest BCUT2D eigenvalue weighted by Gasteiger charge is -2.25. The zero-order chi connectivity index (χ0) is 22.5. The van der Waals surface area contributed by atoms with Crippen LogP contribution in [0, 0.1) is 10.1 Å². The monoisotopic (exact) mass is 424 g/mol. The molecule has 4 rings (SSSR count). The molecule has 0 radical (unpaired) electrons. The average molecular weight is 424 g/mol. The number of benzene rings is 4. The number of nitro benzene ring substituents is 1. The number of nitrogens with zero attached hydrogens (tertiary/aromatic N) is 4. The van der Waals surface area contributed by atoms with Gasteiger partial charge in [-0.05, 0) is 84.9 Å². The van der Waals surface area contributed by atoms with Crippen LogP contribution in [0.15, 0.2) is 107 Å². The lowest BCUT2D eigenvalue weighted by Crippen LogP contribution is -2.09. The van der Waals surface area contributed by atoms with Crippen molar-refractivity contribution in [2.24, 2.45) is 10.2 Å². The van der Waals surface area contributed by atoms with Gasteiger partial charge < -0.3 is 16.4 Å². The second kappa shape index (κ2) is 8.97. The summed E-state index contributed by atoms with van der Waals surface area (Å²) < 4.78 is 0. The van der Waals surface area contributed by atoms with Gasteiger partial charge in [0.1, 0.15) is 0 Å². The molecule has 0 fully saturated rings. The largest absolute Gasteiger partial charge is 0.399 e. The van der Waals surface area contributed by atoms with Crippen LogP contribution in [0.4, 0.5) is 45.5 Å². The molecule has 4 N–H and O–H groups in total. The number of nitrogens with two attached hydrogens (primary N) is 2. The number of anilines is 5. The lowest BCUT2D eigenvalue weighted by atomic mass is 10.1. The van der Waals surface area contributed by atoms with Crippen LogP contribution < -0.4 is 16.4 Å². The van der Waals surface area contributed by atoms with Crippen molar-refractivity contribution >= 4 is 45.5 Å². The topological polar surface area (TPSA) is 123 Å². The first-order valence-electron chi connectivity index (χ1n) is 9.77. The van der Waals surface area contributed by atoms with E-state index in [1.807, 2.05) is 72.8 Å². The number of nitrogen functional groups attached to an aromatic ring is 2. The Morgan fingerprint density at radius 2 is 0.938 bits per heavy atom. The normalized spacial score (nSPS) is 10.9. The molecule has 0 saturated heterocycles. The van der Waals surface area contributed by atoms with Gasteiger partial charge in [-0.1, -0.05) is 0 Å². The van der Waals surface area contributed by atoms with Crippen LogP contribution in [0.3, 0.4) is 0 Å². The molecule has 0 aliphatic rings. The molecule has 0 atom stereocenters. The second-order valence-electron chi connectivity index (χ2n) is 7.01. The summed E-state index contributed by atoms with van der Waals surface area (Å²) in [6.07, 6.45) is 0. The van der Waals surface area contributed by atoms with Crippen molar-refractivity contribution < 1.29 is 4.92 Å². The number of non-ortho nitro benzene ring substituents is 1. The zero-order valence-corrected chi connectivity index (χ0v) is 17.0. The van der Waals surface area contributed by atoms with Crippen LogP contribution in [0.25, 0.3) is 0 Å². The predicted octanol–water partition coefficient (Wildman–Crippen LogP) is 6.64. The van der Waals surface area contributed by atoms with Crippen LogP contribution in [0.5, 0.6) is 0 Å². The van der Waals surface area contributed by atoms with Crippen molar-refractivity contribution in [3.8, 4) is 0 Å². The first-order chi connectivity index (χ1) is 15.5. The summed E-state index contributed by atoms with van der Waals surface area (Å²) >= 11 is 0. The summed E-state index contributed by atoms with van der Waals surface area (Å²) in [5.41, 5.74) is 17.1.